The molecule has 224 valence electrons. The summed E-state index contributed by atoms with van der Waals surface area (Å²) in [6.07, 6.45) is 0. The van der Waals surface area contributed by atoms with Gasteiger partial charge in [-0.25, -0.2) is 23.8 Å². The first-order chi connectivity index (χ1) is 19.7. The van der Waals surface area contributed by atoms with Crippen LogP contribution in [0, 0.1) is 11.7 Å². The number of benzene rings is 1. The Morgan fingerprint density at radius 3 is 2.40 bits per heavy atom. The maximum Gasteiger partial charge on any atom is 0.281 e. The van der Waals surface area contributed by atoms with E-state index in [1.165, 1.54) is 42.5 Å². The highest BCUT2D eigenvalue weighted by Crippen LogP contribution is 2.29. The van der Waals surface area contributed by atoms with E-state index in [0.29, 0.717) is 23.6 Å². The molecule has 4 rings (SSSR count). The molecule has 0 aliphatic heterocycles. The Bertz CT molecular complexity index is 1720. The molecule has 0 radical (unpaired) electrons. The zero-order chi connectivity index (χ0) is 30.8. The molecule has 0 spiro atoms. The number of aromatic nitrogens is 4. The molecular formula is C30H37FN6O4S. The van der Waals surface area contributed by atoms with Gasteiger partial charge in [-0.05, 0) is 60.2 Å². The first-order valence-electron chi connectivity index (χ1n) is 13.6. The molecule has 4 aromatic rings. The zero-order valence-electron chi connectivity index (χ0n) is 24.4. The molecule has 1 amide bonds. The smallest absolute Gasteiger partial charge is 0.281 e. The van der Waals surface area contributed by atoms with Crippen molar-refractivity contribution in [2.24, 2.45) is 5.92 Å². The predicted molar refractivity (Wildman–Crippen MR) is 161 cm³/mol. The third-order valence-corrected chi connectivity index (χ3v) is 7.49. The number of amides is 1. The van der Waals surface area contributed by atoms with Crippen LogP contribution in [0.4, 0.5) is 10.2 Å². The highest BCUT2D eigenvalue weighted by Gasteiger charge is 2.26. The van der Waals surface area contributed by atoms with Gasteiger partial charge in [0.1, 0.15) is 17.4 Å². The van der Waals surface area contributed by atoms with E-state index >= 15 is 0 Å². The lowest BCUT2D eigenvalue weighted by molar-refractivity contribution is 0.0980. The van der Waals surface area contributed by atoms with E-state index in [9.17, 15) is 17.6 Å². The fourth-order valence-electron chi connectivity index (χ4n) is 4.09. The summed E-state index contributed by atoms with van der Waals surface area (Å²) in [6, 6.07) is 13.3. The van der Waals surface area contributed by atoms with Gasteiger partial charge < -0.3 is 10.5 Å². The molecule has 3 heterocycles. The van der Waals surface area contributed by atoms with E-state index in [1.54, 1.807) is 10.7 Å². The second-order valence-corrected chi connectivity index (χ2v) is 12.6. The summed E-state index contributed by atoms with van der Waals surface area (Å²) >= 11 is 0. The van der Waals surface area contributed by atoms with Crippen molar-refractivity contribution >= 4 is 21.7 Å². The number of nitrogens with zero attached hydrogens (tertiary/aromatic N) is 4. The van der Waals surface area contributed by atoms with Crippen molar-refractivity contribution in [3.05, 3.63) is 77.4 Å². The number of nitrogens with two attached hydrogens (primary N) is 1. The van der Waals surface area contributed by atoms with Gasteiger partial charge in [0.05, 0.1) is 23.6 Å². The molecule has 0 aliphatic carbocycles. The van der Waals surface area contributed by atoms with Crippen LogP contribution in [0.25, 0.3) is 17.1 Å². The fourth-order valence-corrected chi connectivity index (χ4v) is 5.03. The molecule has 10 nitrogen and oxygen atoms in total. The van der Waals surface area contributed by atoms with Gasteiger partial charge in [-0.15, -0.1) is 0 Å². The van der Waals surface area contributed by atoms with Gasteiger partial charge >= 0.3 is 0 Å². The van der Waals surface area contributed by atoms with E-state index in [0.717, 1.165) is 11.4 Å². The number of ether oxygens (including phenoxy) is 1. The molecule has 3 N–H and O–H groups in total. The Hall–Kier alpha value is -4.32. The van der Waals surface area contributed by atoms with Crippen molar-refractivity contribution in [1.29, 1.82) is 0 Å². The van der Waals surface area contributed by atoms with Crippen molar-refractivity contribution in [2.45, 2.75) is 58.4 Å². The fraction of sp³-hybridized carbons (Fsp3) is 0.333. The number of carbonyl (C=O) groups excluding carboxylic acids is 1. The predicted octanol–water partition coefficient (Wildman–Crippen LogP) is 5.70. The third kappa shape index (κ3) is 6.93. The van der Waals surface area contributed by atoms with E-state index < -0.39 is 26.8 Å². The average molecular weight is 597 g/mol. The minimum absolute atomic E-state index is 0. The highest BCUT2D eigenvalue weighted by atomic mass is 32.2. The number of sulfonamides is 1. The first-order valence-corrected chi connectivity index (χ1v) is 15.1. The molecule has 1 aromatic carbocycles. The monoisotopic (exact) mass is 596 g/mol. The molecule has 0 saturated heterocycles. The van der Waals surface area contributed by atoms with E-state index in [1.807, 2.05) is 47.6 Å². The topological polar surface area (TPSA) is 142 Å². The van der Waals surface area contributed by atoms with E-state index in [4.69, 9.17) is 20.6 Å². The van der Waals surface area contributed by atoms with Crippen LogP contribution in [0.2, 0.25) is 0 Å². The van der Waals surface area contributed by atoms with E-state index in [-0.39, 0.29) is 36.4 Å². The lowest BCUT2D eigenvalue weighted by Crippen LogP contribution is -2.32. The second kappa shape index (κ2) is 12.3. The van der Waals surface area contributed by atoms with Crippen molar-refractivity contribution in [3.63, 3.8) is 0 Å². The van der Waals surface area contributed by atoms with Gasteiger partial charge in [-0.2, -0.15) is 13.5 Å². The van der Waals surface area contributed by atoms with Crippen LogP contribution in [0.5, 0.6) is 5.75 Å². The van der Waals surface area contributed by atoms with Crippen LogP contribution in [0.3, 0.4) is 0 Å². The molecule has 3 aromatic heterocycles. The SMILES string of the molecule is CC(C)COc1cc(F)cc(-c2ccc(C(=O)NS(=O)(=O)c3cccc(N)n3)c(-n3nc(C(C)C)cc3C(C)C)n2)c1.[HH]. The molecule has 12 heteroatoms. The molecule has 0 aliphatic rings. The van der Waals surface area contributed by atoms with Gasteiger partial charge in [-0.1, -0.05) is 47.6 Å². The first kappa shape index (κ1) is 30.6. The Morgan fingerprint density at radius 2 is 1.76 bits per heavy atom. The quantitative estimate of drug-likeness (QED) is 0.238. The van der Waals surface area contributed by atoms with Crippen molar-refractivity contribution < 1.29 is 23.8 Å². The number of nitrogen functional groups attached to an aromatic ring is 1. The molecule has 0 atom stereocenters. The molecule has 0 unspecified atom stereocenters. The zero-order valence-corrected chi connectivity index (χ0v) is 25.2. The molecule has 0 bridgehead atoms. The Morgan fingerprint density at radius 1 is 1.02 bits per heavy atom. The summed E-state index contributed by atoms with van der Waals surface area (Å²) in [5.41, 5.74) is 7.88. The minimum atomic E-state index is -4.36. The average Bonchev–Trinajstić information content (AvgIpc) is 3.37. The normalized spacial score (nSPS) is 11.9. The van der Waals surface area contributed by atoms with Crippen LogP contribution < -0.4 is 15.2 Å². The van der Waals surface area contributed by atoms with Gasteiger partial charge in [0, 0.05) is 18.8 Å². The number of rotatable bonds is 10. The van der Waals surface area contributed by atoms with Gasteiger partial charge in [-0.3, -0.25) is 4.79 Å². The third-order valence-electron chi connectivity index (χ3n) is 6.26. The number of hydrogen-bond acceptors (Lipinski definition) is 8. The lowest BCUT2D eigenvalue weighted by atomic mass is 10.1. The van der Waals surface area contributed by atoms with E-state index in [2.05, 4.69) is 9.71 Å². The summed E-state index contributed by atoms with van der Waals surface area (Å²) in [7, 11) is -4.36. The van der Waals surface area contributed by atoms with Crippen LogP contribution >= 0.6 is 0 Å². The number of anilines is 1. The maximum absolute atomic E-state index is 14.6. The minimum Gasteiger partial charge on any atom is -0.493 e. The van der Waals surface area contributed by atoms with Gasteiger partial charge in [0.2, 0.25) is 0 Å². The van der Waals surface area contributed by atoms with Gasteiger partial charge in [0.15, 0.2) is 10.8 Å². The number of halogens is 1. The largest absolute Gasteiger partial charge is 0.493 e. The summed E-state index contributed by atoms with van der Waals surface area (Å²) in [4.78, 5) is 22.1. The summed E-state index contributed by atoms with van der Waals surface area (Å²) in [6.45, 7) is 12.3. The highest BCUT2D eigenvalue weighted by molar-refractivity contribution is 7.90. The van der Waals surface area contributed by atoms with Gasteiger partial charge in [0.25, 0.3) is 15.9 Å². The molecule has 0 fully saturated rings. The van der Waals surface area contributed by atoms with Crippen LogP contribution in [0.1, 0.15) is 76.6 Å². The Balaban J connectivity index is 0.00000506. The van der Waals surface area contributed by atoms with Crippen LogP contribution in [-0.4, -0.2) is 40.7 Å². The molecule has 42 heavy (non-hydrogen) atoms. The van der Waals surface area contributed by atoms with Crippen molar-refractivity contribution in [2.75, 3.05) is 12.3 Å². The summed E-state index contributed by atoms with van der Waals surface area (Å²) in [5, 5.41) is 4.32. The Labute approximate surface area is 246 Å². The molecular weight excluding hydrogens is 559 g/mol. The lowest BCUT2D eigenvalue weighted by Gasteiger charge is -2.16. The number of nitrogens with one attached hydrogen (secondary N) is 1. The Kier molecular flexibility index (Phi) is 8.95. The van der Waals surface area contributed by atoms with Crippen molar-refractivity contribution in [1.82, 2.24) is 24.5 Å². The molecule has 0 saturated carbocycles. The summed E-state index contributed by atoms with van der Waals surface area (Å²) in [5.74, 6) is -0.740. The van der Waals surface area contributed by atoms with Crippen molar-refractivity contribution in [3.8, 4) is 22.8 Å². The second-order valence-electron chi connectivity index (χ2n) is 11.0. The standard InChI is InChI=1S/C30H35FN6O4S.H2/c1-17(2)16-41-22-13-20(12-21(31)14-22)24-11-10-23(30(38)36-42(39,40)28-9-7-8-27(32)34-28)29(33-24)37-26(19(5)6)15-25(35-37)18(3)4;/h7-15,17-19H,16H2,1-6H3,(H2,32,34)(H,36,38);1H. The van der Waals surface area contributed by atoms with Crippen LogP contribution in [0.15, 0.2) is 59.6 Å². The number of carbonyl (C=O) groups is 1. The maximum atomic E-state index is 14.6. The number of pyridine rings is 2. The number of hydrogen-bond donors (Lipinski definition) is 2. The van der Waals surface area contributed by atoms with Crippen LogP contribution in [-0.2, 0) is 10.0 Å². The summed E-state index contributed by atoms with van der Waals surface area (Å²) < 4.78 is 50.0.